The first-order chi connectivity index (χ1) is 19.4. The molecule has 0 unspecified atom stereocenters. The number of aryl methyl sites for hydroxylation is 2. The Balaban J connectivity index is 1.91. The summed E-state index contributed by atoms with van der Waals surface area (Å²) in [6.07, 6.45) is -12.7. The minimum Gasteiger partial charge on any atom is -0.469 e. The Labute approximate surface area is 236 Å². The SMILES string of the molecule is COC(=O)Cc1ccccc1C(=O)Nc1cccc(C(=O)N(C)c2c(C)cc(C(F)(C(F)(F)F)C(F)(F)F)cc2C)c1. The predicted molar refractivity (Wildman–Crippen MR) is 140 cm³/mol. The molecular formula is C29H25F7N2O4. The molecule has 0 atom stereocenters. The Morgan fingerprint density at radius 1 is 0.833 bits per heavy atom. The summed E-state index contributed by atoms with van der Waals surface area (Å²) in [5.41, 5.74) is -6.91. The van der Waals surface area contributed by atoms with Crippen LogP contribution in [0.3, 0.4) is 0 Å². The molecular weight excluding hydrogens is 573 g/mol. The lowest BCUT2D eigenvalue weighted by Gasteiger charge is -2.32. The molecule has 0 spiro atoms. The molecule has 224 valence electrons. The van der Waals surface area contributed by atoms with Gasteiger partial charge in [-0.3, -0.25) is 14.4 Å². The molecule has 1 N–H and O–H groups in total. The van der Waals surface area contributed by atoms with E-state index in [2.05, 4.69) is 10.1 Å². The molecule has 3 aromatic rings. The van der Waals surface area contributed by atoms with Crippen LogP contribution >= 0.6 is 0 Å². The van der Waals surface area contributed by atoms with Crippen LogP contribution in [0.15, 0.2) is 60.7 Å². The molecule has 0 saturated carbocycles. The summed E-state index contributed by atoms with van der Waals surface area (Å²) in [5.74, 6) is -1.86. The number of esters is 1. The Bertz CT molecular complexity index is 1480. The number of hydrogen-bond acceptors (Lipinski definition) is 4. The van der Waals surface area contributed by atoms with E-state index in [-0.39, 0.29) is 40.0 Å². The number of halogens is 7. The average Bonchev–Trinajstić information content (AvgIpc) is 2.90. The first kappa shape index (κ1) is 32.1. The number of amides is 2. The van der Waals surface area contributed by atoms with Crippen molar-refractivity contribution >= 4 is 29.2 Å². The van der Waals surface area contributed by atoms with Gasteiger partial charge in [-0.25, -0.2) is 4.39 Å². The quantitative estimate of drug-likeness (QED) is 0.239. The Hall–Kier alpha value is -4.42. The van der Waals surface area contributed by atoms with Gasteiger partial charge < -0.3 is 15.0 Å². The van der Waals surface area contributed by atoms with Crippen molar-refractivity contribution in [3.05, 3.63) is 94.0 Å². The molecule has 6 nitrogen and oxygen atoms in total. The zero-order chi connectivity index (χ0) is 31.6. The van der Waals surface area contributed by atoms with E-state index in [1.807, 2.05) is 0 Å². The highest BCUT2D eigenvalue weighted by Gasteiger charge is 2.73. The van der Waals surface area contributed by atoms with Crippen LogP contribution < -0.4 is 10.2 Å². The number of carbonyl (C=O) groups excluding carboxylic acids is 3. The van der Waals surface area contributed by atoms with Crippen molar-refractivity contribution in [2.24, 2.45) is 0 Å². The van der Waals surface area contributed by atoms with Crippen LogP contribution in [0.5, 0.6) is 0 Å². The summed E-state index contributed by atoms with van der Waals surface area (Å²) in [7, 11) is 2.46. The minimum absolute atomic E-state index is 0.0199. The second-order valence-electron chi connectivity index (χ2n) is 9.42. The normalized spacial score (nSPS) is 12.1. The summed E-state index contributed by atoms with van der Waals surface area (Å²) in [4.78, 5) is 38.9. The predicted octanol–water partition coefficient (Wildman–Crippen LogP) is 6.84. The number of nitrogens with zero attached hydrogens (tertiary/aromatic N) is 1. The maximum Gasteiger partial charge on any atom is 0.435 e. The Morgan fingerprint density at radius 3 is 1.95 bits per heavy atom. The Kier molecular flexibility index (Phi) is 9.04. The lowest BCUT2D eigenvalue weighted by molar-refractivity contribution is -0.348. The molecule has 0 aliphatic carbocycles. The lowest BCUT2D eigenvalue weighted by atomic mass is 9.90. The average molecular weight is 599 g/mol. The second kappa shape index (κ2) is 11.8. The third kappa shape index (κ3) is 6.24. The van der Waals surface area contributed by atoms with Gasteiger partial charge in [0, 0.05) is 35.1 Å². The second-order valence-corrected chi connectivity index (χ2v) is 9.42. The third-order valence-electron chi connectivity index (χ3n) is 6.50. The van der Waals surface area contributed by atoms with Crippen molar-refractivity contribution in [3.63, 3.8) is 0 Å². The molecule has 2 amide bonds. The van der Waals surface area contributed by atoms with E-state index in [0.29, 0.717) is 17.7 Å². The summed E-state index contributed by atoms with van der Waals surface area (Å²) >= 11 is 0. The van der Waals surface area contributed by atoms with E-state index in [0.717, 1.165) is 18.7 Å². The van der Waals surface area contributed by atoms with E-state index < -0.39 is 41.4 Å². The molecule has 13 heteroatoms. The van der Waals surface area contributed by atoms with Gasteiger partial charge >= 0.3 is 24.0 Å². The molecule has 0 aromatic heterocycles. The standard InChI is InChI=1S/C29H25F7N2O4/c1-16-12-20(27(30,28(31,32)33)29(34,35)36)13-17(2)24(16)38(3)26(41)19-9-7-10-21(14-19)37-25(40)22-11-6-5-8-18(22)15-23(39)42-4/h5-14H,15H2,1-4H3,(H,37,40). The van der Waals surface area contributed by atoms with Gasteiger partial charge in [-0.1, -0.05) is 36.4 Å². The van der Waals surface area contributed by atoms with Gasteiger partial charge in [0.2, 0.25) is 0 Å². The van der Waals surface area contributed by atoms with Gasteiger partial charge in [0.05, 0.1) is 13.5 Å². The molecule has 0 aliphatic rings. The zero-order valence-corrected chi connectivity index (χ0v) is 22.7. The van der Waals surface area contributed by atoms with Crippen LogP contribution in [-0.2, 0) is 21.6 Å². The first-order valence-electron chi connectivity index (χ1n) is 12.2. The van der Waals surface area contributed by atoms with Crippen LogP contribution in [0, 0.1) is 13.8 Å². The smallest absolute Gasteiger partial charge is 0.435 e. The number of benzene rings is 3. The highest BCUT2D eigenvalue weighted by Crippen LogP contribution is 2.54. The molecule has 3 rings (SSSR count). The van der Waals surface area contributed by atoms with E-state index in [4.69, 9.17) is 0 Å². The highest BCUT2D eigenvalue weighted by molar-refractivity contribution is 6.09. The van der Waals surface area contributed by atoms with Gasteiger partial charge in [0.25, 0.3) is 11.8 Å². The summed E-state index contributed by atoms with van der Waals surface area (Å²) in [6, 6.07) is 12.8. The third-order valence-corrected chi connectivity index (χ3v) is 6.50. The molecule has 0 radical (unpaired) electrons. The van der Waals surface area contributed by atoms with Crippen molar-refractivity contribution in [3.8, 4) is 0 Å². The topological polar surface area (TPSA) is 75.7 Å². The van der Waals surface area contributed by atoms with Crippen molar-refractivity contribution in [2.75, 3.05) is 24.4 Å². The number of rotatable bonds is 7. The van der Waals surface area contributed by atoms with Crippen LogP contribution in [-0.4, -0.2) is 44.3 Å². The highest BCUT2D eigenvalue weighted by atomic mass is 19.4. The fourth-order valence-corrected chi connectivity index (χ4v) is 4.52. The minimum atomic E-state index is -6.28. The lowest BCUT2D eigenvalue weighted by Crippen LogP contribution is -2.50. The van der Waals surface area contributed by atoms with Crippen molar-refractivity contribution < 1.29 is 49.9 Å². The van der Waals surface area contributed by atoms with Gasteiger partial charge in [-0.15, -0.1) is 0 Å². The zero-order valence-electron chi connectivity index (χ0n) is 22.7. The summed E-state index contributed by atoms with van der Waals surface area (Å²) in [6.45, 7) is 2.32. The molecule has 0 saturated heterocycles. The van der Waals surface area contributed by atoms with E-state index in [1.54, 1.807) is 18.2 Å². The first-order valence-corrected chi connectivity index (χ1v) is 12.2. The molecule has 0 bridgehead atoms. The van der Waals surface area contributed by atoms with Crippen LogP contribution in [0.1, 0.15) is 43.0 Å². The molecule has 3 aromatic carbocycles. The fraction of sp³-hybridized carbons (Fsp3) is 0.276. The van der Waals surface area contributed by atoms with Gasteiger partial charge in [-0.05, 0) is 54.8 Å². The summed E-state index contributed by atoms with van der Waals surface area (Å²) in [5, 5.41) is 2.62. The van der Waals surface area contributed by atoms with Crippen LogP contribution in [0.25, 0.3) is 0 Å². The number of ether oxygens (including phenoxy) is 1. The monoisotopic (exact) mass is 598 g/mol. The van der Waals surface area contributed by atoms with Crippen molar-refractivity contribution in [1.29, 1.82) is 0 Å². The van der Waals surface area contributed by atoms with E-state index >= 15 is 0 Å². The number of methoxy groups -OCH3 is 1. The van der Waals surface area contributed by atoms with Gasteiger partial charge in [0.15, 0.2) is 0 Å². The number of anilines is 2. The van der Waals surface area contributed by atoms with Gasteiger partial charge in [0.1, 0.15) is 0 Å². The maximum atomic E-state index is 14.6. The number of hydrogen-bond donors (Lipinski definition) is 1. The Morgan fingerprint density at radius 2 is 1.40 bits per heavy atom. The van der Waals surface area contributed by atoms with Crippen molar-refractivity contribution in [2.45, 2.75) is 38.3 Å². The van der Waals surface area contributed by atoms with Gasteiger partial charge in [-0.2, -0.15) is 26.3 Å². The number of carbonyl (C=O) groups is 3. The largest absolute Gasteiger partial charge is 0.469 e. The molecule has 42 heavy (non-hydrogen) atoms. The molecule has 0 fully saturated rings. The fourth-order valence-electron chi connectivity index (χ4n) is 4.52. The van der Waals surface area contributed by atoms with Crippen molar-refractivity contribution in [1.82, 2.24) is 0 Å². The van der Waals surface area contributed by atoms with Crippen LogP contribution in [0.4, 0.5) is 42.1 Å². The maximum absolute atomic E-state index is 14.6. The molecule has 0 aliphatic heterocycles. The molecule has 0 heterocycles. The number of alkyl halides is 7. The number of nitrogens with one attached hydrogen (secondary N) is 1. The summed E-state index contributed by atoms with van der Waals surface area (Å²) < 4.78 is 99.0. The van der Waals surface area contributed by atoms with E-state index in [9.17, 15) is 45.1 Å². The van der Waals surface area contributed by atoms with E-state index in [1.165, 1.54) is 44.5 Å². The van der Waals surface area contributed by atoms with Crippen LogP contribution in [0.2, 0.25) is 0 Å².